The Morgan fingerprint density at radius 3 is 2.61 bits per heavy atom. The predicted octanol–water partition coefficient (Wildman–Crippen LogP) is 6.89. The lowest BCUT2D eigenvalue weighted by Crippen LogP contribution is -2.36. The molecule has 4 heterocycles. The number of amides is 1. The van der Waals surface area contributed by atoms with E-state index in [2.05, 4.69) is 10.3 Å². The van der Waals surface area contributed by atoms with E-state index >= 15 is 0 Å². The first-order valence-electron chi connectivity index (χ1n) is 11.3. The van der Waals surface area contributed by atoms with Gasteiger partial charge >= 0.3 is 0 Å². The third-order valence-electron chi connectivity index (χ3n) is 6.24. The highest BCUT2D eigenvalue weighted by atomic mass is 35.5. The van der Waals surface area contributed by atoms with Gasteiger partial charge in [0.1, 0.15) is 16.5 Å². The van der Waals surface area contributed by atoms with E-state index in [4.69, 9.17) is 44.3 Å². The number of nitrogens with zero attached hydrogens (tertiary/aromatic N) is 5. The van der Waals surface area contributed by atoms with Gasteiger partial charge in [0.15, 0.2) is 5.76 Å². The van der Waals surface area contributed by atoms with Crippen molar-refractivity contribution in [2.24, 2.45) is 7.05 Å². The van der Waals surface area contributed by atoms with Crippen molar-refractivity contribution < 1.29 is 9.32 Å². The third-order valence-corrected chi connectivity index (χ3v) is 8.44. The second kappa shape index (κ2) is 10.4. The molecular weight excluding hydrogens is 541 g/mol. The van der Waals surface area contributed by atoms with Gasteiger partial charge in [-0.1, -0.05) is 46.0 Å². The van der Waals surface area contributed by atoms with Crippen LogP contribution in [0.5, 0.6) is 0 Å². The van der Waals surface area contributed by atoms with Crippen LogP contribution in [-0.2, 0) is 11.8 Å². The van der Waals surface area contributed by atoms with Gasteiger partial charge in [-0.15, -0.1) is 11.3 Å². The number of halogens is 3. The summed E-state index contributed by atoms with van der Waals surface area (Å²) in [5.74, 6) is 0.869. The summed E-state index contributed by atoms with van der Waals surface area (Å²) in [6, 6.07) is 7.19. The van der Waals surface area contributed by atoms with E-state index in [1.807, 2.05) is 29.3 Å². The molecular formula is C25H22Cl3N5O2S. The summed E-state index contributed by atoms with van der Waals surface area (Å²) in [4.78, 5) is 19.4. The summed E-state index contributed by atoms with van der Waals surface area (Å²) in [6.45, 7) is 3.22. The smallest absolute Gasteiger partial charge is 0.246 e. The number of benzene rings is 1. The van der Waals surface area contributed by atoms with E-state index in [1.54, 1.807) is 47.4 Å². The number of thiazole rings is 1. The first-order chi connectivity index (χ1) is 17.3. The largest absolute Gasteiger partial charge is 0.354 e. The maximum absolute atomic E-state index is 12.7. The van der Waals surface area contributed by atoms with Crippen molar-refractivity contribution in [1.29, 1.82) is 0 Å². The van der Waals surface area contributed by atoms with Crippen LogP contribution in [0.4, 0.5) is 0 Å². The highest BCUT2D eigenvalue weighted by molar-refractivity contribution is 7.10. The molecule has 1 fully saturated rings. The quantitative estimate of drug-likeness (QED) is 0.248. The second-order valence-electron chi connectivity index (χ2n) is 8.62. The molecule has 0 spiro atoms. The average Bonchev–Trinajstić information content (AvgIpc) is 3.60. The van der Waals surface area contributed by atoms with Gasteiger partial charge in [-0.05, 0) is 38.0 Å². The Bertz CT molecular complexity index is 1450. The molecule has 186 valence electrons. The topological polar surface area (TPSA) is 77.1 Å². The Morgan fingerprint density at radius 1 is 1.14 bits per heavy atom. The molecule has 0 saturated carbocycles. The molecule has 11 heteroatoms. The summed E-state index contributed by atoms with van der Waals surface area (Å²) in [5.41, 5.74) is 3.80. The van der Waals surface area contributed by atoms with Crippen LogP contribution in [0.25, 0.3) is 28.8 Å². The lowest BCUT2D eigenvalue weighted by atomic mass is 9.97. The van der Waals surface area contributed by atoms with Gasteiger partial charge in [0, 0.05) is 54.7 Å². The Kier molecular flexibility index (Phi) is 7.21. The van der Waals surface area contributed by atoms with Gasteiger partial charge in [-0.2, -0.15) is 5.10 Å². The summed E-state index contributed by atoms with van der Waals surface area (Å²) in [7, 11) is 1.78. The lowest BCUT2D eigenvalue weighted by Gasteiger charge is -2.30. The lowest BCUT2D eigenvalue weighted by molar-refractivity contribution is -0.126. The van der Waals surface area contributed by atoms with E-state index in [-0.39, 0.29) is 5.91 Å². The summed E-state index contributed by atoms with van der Waals surface area (Å²) < 4.78 is 7.15. The zero-order valence-electron chi connectivity index (χ0n) is 19.5. The zero-order chi connectivity index (χ0) is 25.4. The maximum Gasteiger partial charge on any atom is 0.246 e. The van der Waals surface area contributed by atoms with Crippen LogP contribution in [0.1, 0.15) is 35.0 Å². The van der Waals surface area contributed by atoms with Gasteiger partial charge in [-0.25, -0.2) is 4.98 Å². The van der Waals surface area contributed by atoms with E-state index in [0.717, 1.165) is 40.4 Å². The molecule has 1 saturated heterocycles. The first-order valence-corrected chi connectivity index (χ1v) is 13.4. The summed E-state index contributed by atoms with van der Waals surface area (Å²) in [6.07, 6.45) is 5.02. The monoisotopic (exact) mass is 561 g/mol. The molecule has 1 aliphatic heterocycles. The predicted molar refractivity (Wildman–Crippen MR) is 144 cm³/mol. The number of hydrogen-bond donors (Lipinski definition) is 0. The molecule has 36 heavy (non-hydrogen) atoms. The molecule has 0 radical (unpaired) electrons. The summed E-state index contributed by atoms with van der Waals surface area (Å²) in [5, 5.41) is 12.9. The van der Waals surface area contributed by atoms with Crippen LogP contribution in [0.2, 0.25) is 15.2 Å². The molecule has 0 aliphatic carbocycles. The first kappa shape index (κ1) is 25.0. The van der Waals surface area contributed by atoms with Crippen LogP contribution < -0.4 is 0 Å². The van der Waals surface area contributed by atoms with E-state index in [1.165, 1.54) is 0 Å². The fraction of sp³-hybridized carbons (Fsp3) is 0.280. The van der Waals surface area contributed by atoms with Gasteiger partial charge in [0.25, 0.3) is 0 Å². The minimum absolute atomic E-state index is 0.0240. The number of rotatable bonds is 5. The number of aromatic nitrogens is 4. The van der Waals surface area contributed by atoms with Crippen molar-refractivity contribution in [2.75, 3.05) is 13.1 Å². The van der Waals surface area contributed by atoms with E-state index in [0.29, 0.717) is 45.7 Å². The average molecular weight is 563 g/mol. The normalized spacial score (nSPS) is 14.8. The molecule has 0 unspecified atom stereocenters. The molecule has 7 nitrogen and oxygen atoms in total. The Labute approximate surface area is 227 Å². The fourth-order valence-corrected chi connectivity index (χ4v) is 5.73. The van der Waals surface area contributed by atoms with E-state index < -0.39 is 0 Å². The molecule has 4 aromatic rings. The molecule has 0 atom stereocenters. The van der Waals surface area contributed by atoms with Crippen LogP contribution in [0.15, 0.2) is 40.2 Å². The van der Waals surface area contributed by atoms with Crippen molar-refractivity contribution in [1.82, 2.24) is 24.8 Å². The molecule has 3 aromatic heterocycles. The Morgan fingerprint density at radius 2 is 1.92 bits per heavy atom. The Balaban J connectivity index is 1.21. The van der Waals surface area contributed by atoms with Crippen molar-refractivity contribution in [3.8, 4) is 22.7 Å². The van der Waals surface area contributed by atoms with Gasteiger partial charge in [-0.3, -0.25) is 9.48 Å². The molecule has 0 bridgehead atoms. The van der Waals surface area contributed by atoms with E-state index in [9.17, 15) is 4.79 Å². The van der Waals surface area contributed by atoms with Gasteiger partial charge in [0.05, 0.1) is 20.7 Å². The molecule has 1 aromatic carbocycles. The number of aryl methyl sites for hydroxylation is 2. The van der Waals surface area contributed by atoms with Crippen LogP contribution >= 0.6 is 46.1 Å². The van der Waals surface area contributed by atoms with Crippen molar-refractivity contribution in [3.63, 3.8) is 0 Å². The van der Waals surface area contributed by atoms with Crippen molar-refractivity contribution in [2.45, 2.75) is 25.7 Å². The highest BCUT2D eigenvalue weighted by Gasteiger charge is 2.25. The Hall–Kier alpha value is -2.65. The summed E-state index contributed by atoms with van der Waals surface area (Å²) >= 11 is 20.0. The van der Waals surface area contributed by atoms with Crippen LogP contribution in [-0.4, -0.2) is 43.8 Å². The number of carbonyl (C=O) groups excluding carboxylic acids is 1. The zero-order valence-corrected chi connectivity index (χ0v) is 22.6. The van der Waals surface area contributed by atoms with Gasteiger partial charge < -0.3 is 9.42 Å². The molecule has 5 rings (SSSR count). The van der Waals surface area contributed by atoms with Gasteiger partial charge in [0.2, 0.25) is 5.91 Å². The number of piperidine rings is 1. The number of likely N-dealkylation sites (tertiary alicyclic amines) is 1. The van der Waals surface area contributed by atoms with Crippen LogP contribution in [0, 0.1) is 6.92 Å². The fourth-order valence-electron chi connectivity index (χ4n) is 4.22. The highest BCUT2D eigenvalue weighted by Crippen LogP contribution is 2.35. The SMILES string of the molecule is Cc1nn(C)c(Cl)c1/C=C/C(=O)N1CCC(c2nc(-c3cc(-c4ccc(Cl)c(Cl)c4)no3)cs2)CC1. The second-order valence-corrected chi connectivity index (χ2v) is 10.7. The number of hydrogen-bond acceptors (Lipinski definition) is 6. The standard InChI is InChI=1S/C25H22Cl3N5O2S/c1-14-17(24(28)32(2)30-14)4-6-23(34)33-9-7-15(8-10-33)25-29-21(13-36-25)22-12-20(31-35-22)16-3-5-18(26)19(27)11-16/h3-6,11-13,15H,7-10H2,1-2H3/b6-4+. The molecule has 0 N–H and O–H groups in total. The molecule has 1 aliphatic rings. The minimum atomic E-state index is -0.0240. The number of carbonyl (C=O) groups is 1. The van der Waals surface area contributed by atoms with Crippen molar-refractivity contribution in [3.05, 3.63) is 67.2 Å². The third kappa shape index (κ3) is 5.09. The maximum atomic E-state index is 12.7. The van der Waals surface area contributed by atoms with Crippen LogP contribution in [0.3, 0.4) is 0 Å². The minimum Gasteiger partial charge on any atom is -0.354 e. The molecule has 1 amide bonds. The van der Waals surface area contributed by atoms with Crippen molar-refractivity contribution >= 4 is 58.1 Å².